The predicted molar refractivity (Wildman–Crippen MR) is 233 cm³/mol. The highest BCUT2D eigenvalue weighted by Crippen LogP contribution is 2.09. The van der Waals surface area contributed by atoms with Gasteiger partial charge in [0.1, 0.15) is 0 Å². The van der Waals surface area contributed by atoms with Crippen LogP contribution in [-0.2, 0) is 38.5 Å². The largest absolute Gasteiger partial charge is 0.317 e. The lowest BCUT2D eigenvalue weighted by Gasteiger charge is -2.03. The van der Waals surface area contributed by atoms with Gasteiger partial charge in [0.15, 0.2) is 0 Å². The van der Waals surface area contributed by atoms with Gasteiger partial charge in [-0.05, 0) is 162 Å². The number of nitrogens with one attached hydrogen (secondary N) is 1. The van der Waals surface area contributed by atoms with Crippen LogP contribution in [0, 0.1) is 27.7 Å². The number of aryl methyl sites for hydroxylation is 8. The first-order valence-corrected chi connectivity index (χ1v) is 19.7. The van der Waals surface area contributed by atoms with Crippen molar-refractivity contribution in [2.75, 3.05) is 13.1 Å². The van der Waals surface area contributed by atoms with E-state index in [9.17, 15) is 0 Å². The van der Waals surface area contributed by atoms with Crippen LogP contribution in [0.4, 0.5) is 0 Å². The second kappa shape index (κ2) is 29.6. The summed E-state index contributed by atoms with van der Waals surface area (Å²) in [7, 11) is 0. The molecule has 0 aliphatic rings. The minimum Gasteiger partial charge on any atom is -0.317 e. The van der Waals surface area contributed by atoms with Gasteiger partial charge in [-0.2, -0.15) is 0 Å². The molecule has 0 aliphatic heterocycles. The molecule has 0 aromatic carbocycles. The summed E-state index contributed by atoms with van der Waals surface area (Å²) in [6, 6.07) is 16.8. The van der Waals surface area contributed by atoms with Gasteiger partial charge in [0.25, 0.3) is 0 Å². The topological polar surface area (TPSA) is 76.5 Å². The zero-order chi connectivity index (χ0) is 40.0. The van der Waals surface area contributed by atoms with Crippen LogP contribution in [-0.4, -0.2) is 38.0 Å². The van der Waals surface area contributed by atoms with Gasteiger partial charge in [-0.1, -0.05) is 77.1 Å². The Balaban J connectivity index is 0.000000338. The third-order valence-electron chi connectivity index (χ3n) is 8.53. The summed E-state index contributed by atoms with van der Waals surface area (Å²) in [5.41, 5.74) is 13.6. The Bertz CT molecular complexity index is 1720. The fourth-order valence-electron chi connectivity index (χ4n) is 4.89. The molecule has 6 heteroatoms. The van der Waals surface area contributed by atoms with Crippen molar-refractivity contribution < 1.29 is 0 Å². The first kappa shape index (κ1) is 47.2. The van der Waals surface area contributed by atoms with E-state index in [2.05, 4.69) is 121 Å². The van der Waals surface area contributed by atoms with Crippen LogP contribution in [0.3, 0.4) is 0 Å². The molecule has 6 nitrogen and oxygen atoms in total. The molecular formula is C48H68N6. The average molecular weight is 729 g/mol. The number of likely N-dealkylation sites (N-methyl/N-ethyl adjacent to an activating group) is 1. The maximum atomic E-state index is 4.32. The molecule has 0 radical (unpaired) electrons. The SMILES string of the molecule is C/C=C/Cc1ccc(C)nc1.C/C=C/c1ccc(CC)cn1.CCNCCc1ccc(C)nc1.CCc1cnc(C)c(CC)c1.CCc1cnccc1C. The Kier molecular flexibility index (Phi) is 25.9. The van der Waals surface area contributed by atoms with E-state index >= 15 is 0 Å². The first-order chi connectivity index (χ1) is 26.1. The van der Waals surface area contributed by atoms with E-state index in [1.807, 2.05) is 95.2 Å². The molecule has 0 bridgehead atoms. The standard InChI is InChI=1S/C10H16N2.C10H15N.2C10H13N.C8H11N/c1-3-11-7-6-10-5-4-9(2)12-8-10;1-4-9-6-10(5-2)8(3)11-7-9;1-3-4-5-10-7-6-9(2)11-8-10;1-3-5-10-7-6-9(4-2)8-11-10;1-3-8-6-9-5-4-7(8)2/h4-5,8,11H,3,6-7H2,1-2H3;6-7H,4-5H2,1-3H3;3-4,6-8H,5H2,1-2H3;3,5-8H,4H2,1-2H3;4-6H,3H2,1-2H3/b;;4-3+;5-3+;. The van der Waals surface area contributed by atoms with E-state index < -0.39 is 0 Å². The minimum absolute atomic E-state index is 0.990. The lowest BCUT2D eigenvalue weighted by Crippen LogP contribution is -2.16. The zero-order valence-electron chi connectivity index (χ0n) is 35.3. The van der Waals surface area contributed by atoms with Crippen molar-refractivity contribution in [3.63, 3.8) is 0 Å². The predicted octanol–water partition coefficient (Wildman–Crippen LogP) is 11.2. The van der Waals surface area contributed by atoms with E-state index in [1.165, 1.54) is 44.6 Å². The molecule has 1 N–H and O–H groups in total. The minimum atomic E-state index is 0.990. The van der Waals surface area contributed by atoms with Crippen LogP contribution in [0.25, 0.3) is 6.08 Å². The molecule has 0 unspecified atom stereocenters. The Morgan fingerprint density at radius 1 is 0.574 bits per heavy atom. The van der Waals surface area contributed by atoms with E-state index in [1.54, 1.807) is 0 Å². The molecule has 54 heavy (non-hydrogen) atoms. The van der Waals surface area contributed by atoms with Gasteiger partial charge in [0.05, 0.1) is 5.69 Å². The molecule has 5 rings (SSSR count). The maximum Gasteiger partial charge on any atom is 0.0626 e. The number of aromatic nitrogens is 5. The highest BCUT2D eigenvalue weighted by Gasteiger charge is 1.97. The Morgan fingerprint density at radius 3 is 1.67 bits per heavy atom. The first-order valence-electron chi connectivity index (χ1n) is 19.7. The monoisotopic (exact) mass is 729 g/mol. The molecule has 0 saturated heterocycles. The molecule has 0 saturated carbocycles. The van der Waals surface area contributed by atoms with Gasteiger partial charge in [0.2, 0.25) is 0 Å². The fraction of sp³-hybridized carbons (Fsp3) is 0.396. The third kappa shape index (κ3) is 21.0. The molecular weight excluding hydrogens is 661 g/mol. The number of pyridine rings is 5. The number of hydrogen-bond donors (Lipinski definition) is 1. The Morgan fingerprint density at radius 2 is 1.19 bits per heavy atom. The van der Waals surface area contributed by atoms with Crippen molar-refractivity contribution in [1.29, 1.82) is 0 Å². The summed E-state index contributed by atoms with van der Waals surface area (Å²) in [5, 5.41) is 3.28. The van der Waals surface area contributed by atoms with Gasteiger partial charge in [0, 0.05) is 54.3 Å². The summed E-state index contributed by atoms with van der Waals surface area (Å²) in [4.78, 5) is 21.0. The van der Waals surface area contributed by atoms with Crippen molar-refractivity contribution in [2.24, 2.45) is 0 Å². The van der Waals surface area contributed by atoms with E-state index in [4.69, 9.17) is 0 Å². The molecule has 0 atom stereocenters. The van der Waals surface area contributed by atoms with E-state index in [0.29, 0.717) is 0 Å². The fourth-order valence-corrected chi connectivity index (χ4v) is 4.89. The molecule has 0 fully saturated rings. The Hall–Kier alpha value is -4.81. The molecule has 290 valence electrons. The van der Waals surface area contributed by atoms with Crippen molar-refractivity contribution in [1.82, 2.24) is 30.2 Å². The molecule has 5 aromatic heterocycles. The van der Waals surface area contributed by atoms with Crippen LogP contribution in [0.15, 0.2) is 104 Å². The van der Waals surface area contributed by atoms with Crippen LogP contribution in [0.1, 0.15) is 110 Å². The van der Waals surface area contributed by atoms with Gasteiger partial charge >= 0.3 is 0 Å². The molecule has 5 aromatic rings. The summed E-state index contributed by atoms with van der Waals surface area (Å²) >= 11 is 0. The highest BCUT2D eigenvalue weighted by atomic mass is 14.8. The summed E-state index contributed by atoms with van der Waals surface area (Å²) in [6.07, 6.45) is 26.1. The average Bonchev–Trinajstić information content (AvgIpc) is 3.20. The number of hydrogen-bond acceptors (Lipinski definition) is 6. The smallest absolute Gasteiger partial charge is 0.0626 e. The normalized spacial score (nSPS) is 10.3. The van der Waals surface area contributed by atoms with Crippen LogP contribution in [0.5, 0.6) is 0 Å². The lowest BCUT2D eigenvalue weighted by atomic mass is 10.1. The second-order valence-corrected chi connectivity index (χ2v) is 12.9. The van der Waals surface area contributed by atoms with Gasteiger partial charge < -0.3 is 5.32 Å². The van der Waals surface area contributed by atoms with Gasteiger partial charge in [-0.3, -0.25) is 24.9 Å². The molecule has 5 heterocycles. The van der Waals surface area contributed by atoms with Crippen LogP contribution < -0.4 is 5.32 Å². The number of nitrogens with zero attached hydrogens (tertiary/aromatic N) is 5. The quantitative estimate of drug-likeness (QED) is 0.108. The number of allylic oxidation sites excluding steroid dienone is 3. The van der Waals surface area contributed by atoms with Crippen molar-refractivity contribution >= 4 is 6.08 Å². The van der Waals surface area contributed by atoms with Gasteiger partial charge in [-0.25, -0.2) is 0 Å². The summed E-state index contributed by atoms with van der Waals surface area (Å²) in [5.74, 6) is 0. The van der Waals surface area contributed by atoms with Crippen molar-refractivity contribution in [3.8, 4) is 0 Å². The number of rotatable bonds is 11. The molecule has 0 spiro atoms. The highest BCUT2D eigenvalue weighted by molar-refractivity contribution is 5.43. The lowest BCUT2D eigenvalue weighted by molar-refractivity contribution is 0.715. The van der Waals surface area contributed by atoms with Gasteiger partial charge in [-0.15, -0.1) is 0 Å². The maximum absolute atomic E-state index is 4.32. The summed E-state index contributed by atoms with van der Waals surface area (Å²) < 4.78 is 0. The zero-order valence-corrected chi connectivity index (χ0v) is 35.3. The Labute approximate surface area is 328 Å². The third-order valence-corrected chi connectivity index (χ3v) is 8.53. The van der Waals surface area contributed by atoms with Crippen LogP contribution in [0.2, 0.25) is 0 Å². The van der Waals surface area contributed by atoms with Crippen LogP contribution >= 0.6 is 0 Å². The second-order valence-electron chi connectivity index (χ2n) is 12.9. The van der Waals surface area contributed by atoms with Crippen molar-refractivity contribution in [2.45, 2.75) is 115 Å². The summed E-state index contributed by atoms with van der Waals surface area (Å²) in [6.45, 7) is 25.0. The molecule has 0 amide bonds. The van der Waals surface area contributed by atoms with E-state index in [-0.39, 0.29) is 0 Å². The van der Waals surface area contributed by atoms with Crippen molar-refractivity contribution in [3.05, 3.63) is 166 Å². The van der Waals surface area contributed by atoms with E-state index in [0.717, 1.165) is 68.7 Å². The molecule has 0 aliphatic carbocycles.